The van der Waals surface area contributed by atoms with Crippen molar-refractivity contribution < 1.29 is 4.79 Å². The van der Waals surface area contributed by atoms with Gasteiger partial charge in [-0.25, -0.2) is 0 Å². The quantitative estimate of drug-likeness (QED) is 0.869. The SMILES string of the molecule is NCC1(CC(=O)N(Cc2cccs2)C2CC2)CCC1. The van der Waals surface area contributed by atoms with Crippen molar-refractivity contribution in [2.45, 2.75) is 51.1 Å². The largest absolute Gasteiger partial charge is 0.335 e. The first-order chi connectivity index (χ1) is 9.22. The third kappa shape index (κ3) is 2.84. The molecule has 104 valence electrons. The molecule has 1 heterocycles. The van der Waals surface area contributed by atoms with Gasteiger partial charge < -0.3 is 10.6 Å². The van der Waals surface area contributed by atoms with E-state index in [4.69, 9.17) is 5.73 Å². The Morgan fingerprint density at radius 1 is 1.47 bits per heavy atom. The van der Waals surface area contributed by atoms with E-state index >= 15 is 0 Å². The average Bonchev–Trinajstić information content (AvgIpc) is 3.07. The summed E-state index contributed by atoms with van der Waals surface area (Å²) in [6, 6.07) is 4.67. The molecule has 0 spiro atoms. The first-order valence-corrected chi connectivity index (χ1v) is 8.12. The van der Waals surface area contributed by atoms with Crippen LogP contribution in [0.25, 0.3) is 0 Å². The number of thiophene rings is 1. The molecule has 0 atom stereocenters. The summed E-state index contributed by atoms with van der Waals surface area (Å²) in [5.41, 5.74) is 6.00. The minimum atomic E-state index is 0.125. The minimum absolute atomic E-state index is 0.125. The van der Waals surface area contributed by atoms with E-state index < -0.39 is 0 Å². The van der Waals surface area contributed by atoms with E-state index in [2.05, 4.69) is 22.4 Å². The third-order valence-electron chi connectivity index (χ3n) is 4.59. The molecular weight excluding hydrogens is 256 g/mol. The highest BCUT2D eigenvalue weighted by Crippen LogP contribution is 2.44. The summed E-state index contributed by atoms with van der Waals surface area (Å²) in [6.45, 7) is 1.46. The molecule has 4 heteroatoms. The van der Waals surface area contributed by atoms with Gasteiger partial charge in [-0.15, -0.1) is 11.3 Å². The molecule has 2 aliphatic rings. The van der Waals surface area contributed by atoms with Crippen LogP contribution in [0.5, 0.6) is 0 Å². The molecule has 0 saturated heterocycles. The fourth-order valence-electron chi connectivity index (χ4n) is 2.93. The molecule has 2 saturated carbocycles. The molecule has 2 N–H and O–H groups in total. The van der Waals surface area contributed by atoms with Crippen LogP contribution >= 0.6 is 11.3 Å². The van der Waals surface area contributed by atoms with Crippen molar-refractivity contribution in [3.05, 3.63) is 22.4 Å². The van der Waals surface area contributed by atoms with Gasteiger partial charge in [-0.2, -0.15) is 0 Å². The van der Waals surface area contributed by atoms with E-state index in [9.17, 15) is 4.79 Å². The second-order valence-corrected chi connectivity index (χ2v) is 7.10. The molecule has 2 fully saturated rings. The molecule has 1 amide bonds. The van der Waals surface area contributed by atoms with Crippen molar-refractivity contribution in [2.75, 3.05) is 6.54 Å². The van der Waals surface area contributed by atoms with Crippen molar-refractivity contribution >= 4 is 17.2 Å². The lowest BCUT2D eigenvalue weighted by molar-refractivity contribution is -0.136. The molecule has 0 radical (unpaired) electrons. The maximum absolute atomic E-state index is 12.6. The van der Waals surface area contributed by atoms with Crippen LogP contribution in [0.15, 0.2) is 17.5 Å². The Bertz CT molecular complexity index is 429. The van der Waals surface area contributed by atoms with Crippen LogP contribution in [-0.2, 0) is 11.3 Å². The minimum Gasteiger partial charge on any atom is -0.335 e. The fourth-order valence-corrected chi connectivity index (χ4v) is 3.63. The summed E-state index contributed by atoms with van der Waals surface area (Å²) >= 11 is 1.74. The lowest BCUT2D eigenvalue weighted by Crippen LogP contribution is -2.43. The van der Waals surface area contributed by atoms with Crippen LogP contribution in [0, 0.1) is 5.41 Å². The van der Waals surface area contributed by atoms with Gasteiger partial charge in [0.1, 0.15) is 0 Å². The Hall–Kier alpha value is -0.870. The second kappa shape index (κ2) is 5.25. The van der Waals surface area contributed by atoms with Gasteiger partial charge in [-0.3, -0.25) is 4.79 Å². The van der Waals surface area contributed by atoms with E-state index in [1.807, 2.05) is 0 Å². The molecule has 1 aromatic rings. The number of amides is 1. The Kier molecular flexibility index (Phi) is 3.63. The maximum atomic E-state index is 12.6. The number of hydrogen-bond acceptors (Lipinski definition) is 3. The highest BCUT2D eigenvalue weighted by molar-refractivity contribution is 7.09. The molecule has 0 bridgehead atoms. The number of nitrogens with zero attached hydrogens (tertiary/aromatic N) is 1. The molecular formula is C15H22N2OS. The summed E-state index contributed by atoms with van der Waals surface area (Å²) in [4.78, 5) is 16.0. The predicted molar refractivity (Wildman–Crippen MR) is 77.8 cm³/mol. The summed E-state index contributed by atoms with van der Waals surface area (Å²) in [6.07, 6.45) is 6.50. The van der Waals surface area contributed by atoms with Crippen molar-refractivity contribution in [3.63, 3.8) is 0 Å². The maximum Gasteiger partial charge on any atom is 0.223 e. The molecule has 3 rings (SSSR count). The smallest absolute Gasteiger partial charge is 0.223 e. The predicted octanol–water partition coefficient (Wildman–Crippen LogP) is 2.76. The molecule has 1 aromatic heterocycles. The molecule has 0 unspecified atom stereocenters. The normalized spacial score (nSPS) is 20.9. The van der Waals surface area contributed by atoms with Crippen LogP contribution in [-0.4, -0.2) is 23.4 Å². The van der Waals surface area contributed by atoms with E-state index in [1.54, 1.807) is 11.3 Å². The van der Waals surface area contributed by atoms with Crippen molar-refractivity contribution in [2.24, 2.45) is 11.1 Å². The first-order valence-electron chi connectivity index (χ1n) is 7.24. The zero-order valence-corrected chi connectivity index (χ0v) is 12.1. The van der Waals surface area contributed by atoms with Gasteiger partial charge in [0, 0.05) is 17.3 Å². The average molecular weight is 278 g/mol. The van der Waals surface area contributed by atoms with E-state index in [1.165, 1.54) is 24.1 Å². The number of carbonyl (C=O) groups is 1. The van der Waals surface area contributed by atoms with Gasteiger partial charge in [0.15, 0.2) is 0 Å². The second-order valence-electron chi connectivity index (χ2n) is 6.07. The molecule has 2 aliphatic carbocycles. The summed E-state index contributed by atoms with van der Waals surface area (Å²) < 4.78 is 0. The summed E-state index contributed by atoms with van der Waals surface area (Å²) in [7, 11) is 0. The number of rotatable bonds is 6. The van der Waals surface area contributed by atoms with Crippen LogP contribution in [0.3, 0.4) is 0 Å². The number of hydrogen-bond donors (Lipinski definition) is 1. The van der Waals surface area contributed by atoms with Gasteiger partial charge in [-0.1, -0.05) is 12.5 Å². The standard InChI is InChI=1S/C15H22N2OS/c16-11-15(6-2-7-15)9-14(18)17(12-4-5-12)10-13-3-1-8-19-13/h1,3,8,12H,2,4-7,9-11,16H2. The van der Waals surface area contributed by atoms with E-state index in [-0.39, 0.29) is 5.41 Å². The van der Waals surface area contributed by atoms with Crippen LogP contribution in [0.2, 0.25) is 0 Å². The highest BCUT2D eigenvalue weighted by atomic mass is 32.1. The van der Waals surface area contributed by atoms with Crippen molar-refractivity contribution in [1.82, 2.24) is 4.90 Å². The van der Waals surface area contributed by atoms with Crippen molar-refractivity contribution in [1.29, 1.82) is 0 Å². The molecule has 0 aromatic carbocycles. The third-order valence-corrected chi connectivity index (χ3v) is 5.45. The first kappa shape index (κ1) is 13.1. The molecule has 19 heavy (non-hydrogen) atoms. The number of nitrogens with two attached hydrogens (primary N) is 1. The monoisotopic (exact) mass is 278 g/mol. The highest BCUT2D eigenvalue weighted by Gasteiger charge is 2.41. The zero-order chi connectivity index (χ0) is 13.3. The molecule has 0 aliphatic heterocycles. The lowest BCUT2D eigenvalue weighted by atomic mass is 9.66. The Balaban J connectivity index is 1.64. The van der Waals surface area contributed by atoms with Gasteiger partial charge in [-0.05, 0) is 49.1 Å². The Labute approximate surface area is 118 Å². The van der Waals surface area contributed by atoms with Gasteiger partial charge in [0.2, 0.25) is 5.91 Å². The van der Waals surface area contributed by atoms with Gasteiger partial charge in [0.05, 0.1) is 6.54 Å². The summed E-state index contributed by atoms with van der Waals surface area (Å²) in [5, 5.41) is 2.08. The van der Waals surface area contributed by atoms with Gasteiger partial charge in [0.25, 0.3) is 0 Å². The topological polar surface area (TPSA) is 46.3 Å². The van der Waals surface area contributed by atoms with Gasteiger partial charge >= 0.3 is 0 Å². The van der Waals surface area contributed by atoms with Crippen LogP contribution < -0.4 is 5.73 Å². The Morgan fingerprint density at radius 3 is 2.74 bits per heavy atom. The summed E-state index contributed by atoms with van der Waals surface area (Å²) in [5.74, 6) is 0.320. The molecule has 3 nitrogen and oxygen atoms in total. The fraction of sp³-hybridized carbons (Fsp3) is 0.667. The Morgan fingerprint density at radius 2 is 2.26 bits per heavy atom. The van der Waals surface area contributed by atoms with E-state index in [0.717, 1.165) is 19.4 Å². The van der Waals surface area contributed by atoms with E-state index in [0.29, 0.717) is 24.9 Å². The van der Waals surface area contributed by atoms with Crippen molar-refractivity contribution in [3.8, 4) is 0 Å². The zero-order valence-electron chi connectivity index (χ0n) is 11.3. The van der Waals surface area contributed by atoms with Crippen LogP contribution in [0.4, 0.5) is 0 Å². The lowest BCUT2D eigenvalue weighted by Gasteiger charge is -2.41. The van der Waals surface area contributed by atoms with Crippen LogP contribution in [0.1, 0.15) is 43.4 Å². The number of carbonyl (C=O) groups excluding carboxylic acids is 1.